The Morgan fingerprint density at radius 2 is 2.06 bits per heavy atom. The van der Waals surface area contributed by atoms with Crippen LogP contribution in [0.4, 0.5) is 14.5 Å². The summed E-state index contributed by atoms with van der Waals surface area (Å²) in [6, 6.07) is 8.30. The number of alkyl halides is 1. The highest BCUT2D eigenvalue weighted by molar-refractivity contribution is 7.90. The molecule has 2 aliphatic rings. The Balaban J connectivity index is 1.50. The highest BCUT2D eigenvalue weighted by Crippen LogP contribution is 2.34. The lowest BCUT2D eigenvalue weighted by Gasteiger charge is -2.18. The van der Waals surface area contributed by atoms with Crippen molar-refractivity contribution in [2.45, 2.75) is 32.0 Å². The molecular formula is C22H19F2N5O4S. The van der Waals surface area contributed by atoms with E-state index >= 15 is 0 Å². The molecule has 2 aromatic carbocycles. The minimum atomic E-state index is -4.16. The van der Waals surface area contributed by atoms with Crippen LogP contribution in [-0.2, 0) is 23.2 Å². The fourth-order valence-electron chi connectivity index (χ4n) is 4.21. The zero-order valence-electron chi connectivity index (χ0n) is 17.8. The Labute approximate surface area is 193 Å². The molecule has 0 saturated carbocycles. The van der Waals surface area contributed by atoms with Crippen LogP contribution in [0.15, 0.2) is 35.1 Å². The van der Waals surface area contributed by atoms with Gasteiger partial charge in [0.15, 0.2) is 11.6 Å². The summed E-state index contributed by atoms with van der Waals surface area (Å²) in [6.45, 7) is 0.261. The molecule has 0 aliphatic carbocycles. The lowest BCUT2D eigenvalue weighted by Crippen LogP contribution is -2.34. The van der Waals surface area contributed by atoms with Crippen molar-refractivity contribution in [3.63, 3.8) is 0 Å². The van der Waals surface area contributed by atoms with E-state index in [1.807, 2.05) is 0 Å². The van der Waals surface area contributed by atoms with Gasteiger partial charge in [-0.05, 0) is 43.2 Å². The van der Waals surface area contributed by atoms with Gasteiger partial charge in [-0.25, -0.2) is 13.8 Å². The lowest BCUT2D eigenvalue weighted by molar-refractivity contribution is 0.343. The van der Waals surface area contributed by atoms with E-state index in [1.54, 1.807) is 16.7 Å². The van der Waals surface area contributed by atoms with Gasteiger partial charge in [0.25, 0.3) is 5.56 Å². The molecule has 3 aromatic rings. The van der Waals surface area contributed by atoms with Crippen molar-refractivity contribution in [2.75, 3.05) is 17.8 Å². The number of nitrogens with one attached hydrogen (secondary N) is 1. The summed E-state index contributed by atoms with van der Waals surface area (Å²) in [5, 5.41) is 9.95. The molecule has 0 radical (unpaired) electrons. The van der Waals surface area contributed by atoms with E-state index in [1.165, 1.54) is 12.1 Å². The first kappa shape index (κ1) is 22.2. The quantitative estimate of drug-likeness (QED) is 0.592. The molecule has 9 nitrogen and oxygen atoms in total. The van der Waals surface area contributed by atoms with Crippen LogP contribution < -0.4 is 15.0 Å². The van der Waals surface area contributed by atoms with Crippen LogP contribution in [0.1, 0.15) is 24.2 Å². The fraction of sp³-hybridized carbons (Fsp3) is 0.318. The van der Waals surface area contributed by atoms with Crippen LogP contribution in [0.3, 0.4) is 0 Å². The van der Waals surface area contributed by atoms with Gasteiger partial charge in [-0.2, -0.15) is 18.0 Å². The van der Waals surface area contributed by atoms with Crippen molar-refractivity contribution < 1.29 is 21.9 Å². The van der Waals surface area contributed by atoms with Gasteiger partial charge in [0.1, 0.15) is 29.4 Å². The van der Waals surface area contributed by atoms with Gasteiger partial charge in [-0.3, -0.25) is 14.1 Å². The molecular weight excluding hydrogens is 468 g/mol. The van der Waals surface area contributed by atoms with Crippen molar-refractivity contribution in [1.82, 2.24) is 13.9 Å². The SMILES string of the molecule is N#Cc1c(NS(=O)(=O)N2CCC(F)C2)ccc(F)c1Oc1ccc2nc3n(c(=O)c2c1)CCC3. The predicted octanol–water partition coefficient (Wildman–Crippen LogP) is 2.85. The van der Waals surface area contributed by atoms with Crippen LogP contribution in [0.25, 0.3) is 10.9 Å². The molecule has 176 valence electrons. The highest BCUT2D eigenvalue weighted by Gasteiger charge is 2.32. The summed E-state index contributed by atoms with van der Waals surface area (Å²) in [6.07, 6.45) is 0.341. The molecule has 34 heavy (non-hydrogen) atoms. The topological polar surface area (TPSA) is 117 Å². The van der Waals surface area contributed by atoms with Crippen LogP contribution in [-0.4, -0.2) is 41.5 Å². The molecule has 2 aliphatic heterocycles. The Morgan fingerprint density at radius 1 is 1.24 bits per heavy atom. The number of ether oxygens (including phenoxy) is 1. The monoisotopic (exact) mass is 487 g/mol. The summed E-state index contributed by atoms with van der Waals surface area (Å²) in [7, 11) is -4.16. The maximum atomic E-state index is 14.7. The third-order valence-electron chi connectivity index (χ3n) is 5.90. The molecule has 0 bridgehead atoms. The van der Waals surface area contributed by atoms with Gasteiger partial charge < -0.3 is 4.74 Å². The van der Waals surface area contributed by atoms with Crippen LogP contribution >= 0.6 is 0 Å². The van der Waals surface area contributed by atoms with Gasteiger partial charge in [0.05, 0.1) is 16.6 Å². The van der Waals surface area contributed by atoms with E-state index in [4.69, 9.17) is 4.74 Å². The molecule has 12 heteroatoms. The Hall–Kier alpha value is -3.56. The Kier molecular flexibility index (Phi) is 5.45. The molecule has 1 fully saturated rings. The average Bonchev–Trinajstić information content (AvgIpc) is 3.46. The minimum Gasteiger partial charge on any atom is -0.453 e. The van der Waals surface area contributed by atoms with E-state index in [9.17, 15) is 27.3 Å². The molecule has 1 aromatic heterocycles. The van der Waals surface area contributed by atoms with Crippen LogP contribution in [0.5, 0.6) is 11.5 Å². The van der Waals surface area contributed by atoms with Crippen molar-refractivity contribution in [3.8, 4) is 17.6 Å². The van der Waals surface area contributed by atoms with E-state index in [2.05, 4.69) is 9.71 Å². The number of aromatic nitrogens is 2. The summed E-state index contributed by atoms with van der Waals surface area (Å²) < 4.78 is 63.7. The number of hydrogen-bond acceptors (Lipinski definition) is 6. The maximum Gasteiger partial charge on any atom is 0.301 e. The summed E-state index contributed by atoms with van der Waals surface area (Å²) >= 11 is 0. The second kappa shape index (κ2) is 8.34. The summed E-state index contributed by atoms with van der Waals surface area (Å²) in [5.41, 5.74) is -0.350. The second-order valence-electron chi connectivity index (χ2n) is 8.13. The zero-order valence-corrected chi connectivity index (χ0v) is 18.6. The van der Waals surface area contributed by atoms with Gasteiger partial charge in [0.2, 0.25) is 0 Å². The highest BCUT2D eigenvalue weighted by atomic mass is 32.2. The molecule has 1 unspecified atom stereocenters. The normalized spacial score (nSPS) is 18.1. The van der Waals surface area contributed by atoms with Gasteiger partial charge in [-0.1, -0.05) is 0 Å². The molecule has 0 spiro atoms. The number of anilines is 1. The number of fused-ring (bicyclic) bond motifs is 2. The number of nitriles is 1. The first-order chi connectivity index (χ1) is 16.3. The van der Waals surface area contributed by atoms with Crippen molar-refractivity contribution in [2.24, 2.45) is 0 Å². The first-order valence-electron chi connectivity index (χ1n) is 10.6. The number of rotatable bonds is 5. The zero-order chi connectivity index (χ0) is 24.0. The van der Waals surface area contributed by atoms with Crippen LogP contribution in [0, 0.1) is 17.1 Å². The Morgan fingerprint density at radius 3 is 2.79 bits per heavy atom. The number of nitrogens with zero attached hydrogens (tertiary/aromatic N) is 4. The Bertz CT molecular complexity index is 1520. The standard InChI is InChI=1S/C22H19F2N5O4S/c23-13-7-9-28(12-13)34(31,32)27-19-6-4-17(24)21(16(19)11-25)33-14-3-5-18-15(10-14)22(30)29-8-1-2-20(29)26-18/h3-6,10,13,27H,1-2,7-9,12H2. The third kappa shape index (κ3) is 3.86. The predicted molar refractivity (Wildman–Crippen MR) is 119 cm³/mol. The van der Waals surface area contributed by atoms with Gasteiger partial charge >= 0.3 is 10.2 Å². The van der Waals surface area contributed by atoms with Gasteiger partial charge in [-0.15, -0.1) is 0 Å². The molecule has 1 N–H and O–H groups in total. The number of halogens is 2. The smallest absolute Gasteiger partial charge is 0.301 e. The average molecular weight is 487 g/mol. The van der Waals surface area contributed by atoms with Crippen molar-refractivity contribution in [3.05, 3.63) is 57.9 Å². The summed E-state index contributed by atoms with van der Waals surface area (Å²) in [5.74, 6) is -0.601. The van der Waals surface area contributed by atoms with Crippen molar-refractivity contribution >= 4 is 26.8 Å². The molecule has 1 atom stereocenters. The van der Waals surface area contributed by atoms with E-state index in [0.29, 0.717) is 24.3 Å². The summed E-state index contributed by atoms with van der Waals surface area (Å²) in [4.78, 5) is 17.3. The minimum absolute atomic E-state index is 0.00664. The largest absolute Gasteiger partial charge is 0.453 e. The molecule has 0 amide bonds. The second-order valence-corrected chi connectivity index (χ2v) is 9.80. The number of benzene rings is 2. The molecule has 3 heterocycles. The van der Waals surface area contributed by atoms with Crippen LogP contribution in [0.2, 0.25) is 0 Å². The third-order valence-corrected chi connectivity index (χ3v) is 7.39. The van der Waals surface area contributed by atoms with E-state index in [0.717, 1.165) is 22.9 Å². The van der Waals surface area contributed by atoms with E-state index < -0.39 is 27.9 Å². The maximum absolute atomic E-state index is 14.7. The molecule has 5 rings (SSSR count). The first-order valence-corrected chi connectivity index (χ1v) is 12.1. The lowest BCUT2D eigenvalue weighted by atomic mass is 10.1. The number of aryl methyl sites for hydroxylation is 1. The number of hydrogen-bond donors (Lipinski definition) is 1. The van der Waals surface area contributed by atoms with E-state index in [-0.39, 0.29) is 47.5 Å². The molecule has 1 saturated heterocycles. The van der Waals surface area contributed by atoms with Crippen molar-refractivity contribution in [1.29, 1.82) is 5.26 Å². The fourth-order valence-corrected chi connectivity index (χ4v) is 5.49. The van der Waals surface area contributed by atoms with Gasteiger partial charge in [0, 0.05) is 26.1 Å².